The second kappa shape index (κ2) is 7.87. The summed E-state index contributed by atoms with van der Waals surface area (Å²) < 4.78 is 0. The third-order valence-corrected chi connectivity index (χ3v) is 4.53. The van der Waals surface area contributed by atoms with E-state index in [0.29, 0.717) is 25.6 Å². The van der Waals surface area contributed by atoms with Crippen molar-refractivity contribution < 1.29 is 9.59 Å². The summed E-state index contributed by atoms with van der Waals surface area (Å²) in [6.45, 7) is 1.38. The van der Waals surface area contributed by atoms with Crippen molar-refractivity contribution >= 4 is 29.1 Å². The second-order valence-corrected chi connectivity index (χ2v) is 6.41. The van der Waals surface area contributed by atoms with Crippen LogP contribution in [0.1, 0.15) is 5.56 Å². The predicted octanol–water partition coefficient (Wildman–Crippen LogP) is 2.60. The Hall–Kier alpha value is -3.74. The molecule has 1 N–H and O–H groups in total. The Morgan fingerprint density at radius 2 is 1.54 bits per heavy atom. The molecular formula is C21H19N5O2. The van der Waals surface area contributed by atoms with E-state index in [4.69, 9.17) is 0 Å². The van der Waals surface area contributed by atoms with E-state index in [-0.39, 0.29) is 0 Å². The lowest BCUT2D eigenvalue weighted by Crippen LogP contribution is -2.54. The smallest absolute Gasteiger partial charge is 0.316 e. The van der Waals surface area contributed by atoms with Crippen LogP contribution in [0.3, 0.4) is 0 Å². The first-order chi connectivity index (χ1) is 13.7. The van der Waals surface area contributed by atoms with Crippen LogP contribution >= 0.6 is 0 Å². The van der Waals surface area contributed by atoms with Crippen LogP contribution in [0, 0.1) is 0 Å². The van der Waals surface area contributed by atoms with Crippen molar-refractivity contribution in [2.24, 2.45) is 0 Å². The lowest BCUT2D eigenvalue weighted by Gasteiger charge is -2.33. The molecule has 7 nitrogen and oxygen atoms in total. The van der Waals surface area contributed by atoms with Gasteiger partial charge in [0.05, 0.1) is 0 Å². The molecule has 3 aromatic rings. The number of nitrogens with one attached hydrogen (secondary N) is 1. The maximum Gasteiger partial charge on any atom is 0.316 e. The van der Waals surface area contributed by atoms with Gasteiger partial charge in [0, 0.05) is 43.4 Å². The molecule has 2 amide bonds. The number of hydrogen-bond donors (Lipinski definition) is 1. The highest BCUT2D eigenvalue weighted by atomic mass is 16.2. The fourth-order valence-electron chi connectivity index (χ4n) is 3.09. The molecule has 0 unspecified atom stereocenters. The van der Waals surface area contributed by atoms with E-state index in [2.05, 4.69) is 15.3 Å². The van der Waals surface area contributed by atoms with E-state index in [1.807, 2.05) is 54.6 Å². The Morgan fingerprint density at radius 1 is 0.821 bits per heavy atom. The number of carbonyl (C=O) groups excluding carboxylic acids is 2. The van der Waals surface area contributed by atoms with Crippen molar-refractivity contribution in [3.8, 4) is 0 Å². The van der Waals surface area contributed by atoms with Crippen LogP contribution in [0.2, 0.25) is 0 Å². The fourth-order valence-corrected chi connectivity index (χ4v) is 3.09. The van der Waals surface area contributed by atoms with Gasteiger partial charge in [-0.05, 0) is 35.9 Å². The van der Waals surface area contributed by atoms with Crippen LogP contribution in [0.15, 0.2) is 73.1 Å². The quantitative estimate of drug-likeness (QED) is 0.696. The molecule has 1 aromatic heterocycles. The molecule has 0 spiro atoms. The number of benzene rings is 2. The van der Waals surface area contributed by atoms with Gasteiger partial charge < -0.3 is 15.1 Å². The number of carbonyl (C=O) groups is 2. The second-order valence-electron chi connectivity index (χ2n) is 6.41. The minimum absolute atomic E-state index is 0.398. The first-order valence-corrected chi connectivity index (χ1v) is 8.99. The van der Waals surface area contributed by atoms with Gasteiger partial charge >= 0.3 is 11.8 Å². The number of nitrogens with zero attached hydrogens (tertiary/aromatic N) is 4. The van der Waals surface area contributed by atoms with Gasteiger partial charge in [0.25, 0.3) is 0 Å². The van der Waals surface area contributed by atoms with E-state index in [9.17, 15) is 9.59 Å². The van der Waals surface area contributed by atoms with Crippen LogP contribution < -0.4 is 10.2 Å². The normalized spacial score (nSPS) is 14.3. The molecular weight excluding hydrogens is 354 g/mol. The van der Waals surface area contributed by atoms with Gasteiger partial charge in [0.15, 0.2) is 0 Å². The van der Waals surface area contributed by atoms with E-state index < -0.39 is 11.8 Å². The monoisotopic (exact) mass is 373 g/mol. The number of rotatable bonds is 5. The highest BCUT2D eigenvalue weighted by molar-refractivity contribution is 6.40. The third kappa shape index (κ3) is 3.83. The molecule has 1 aliphatic rings. The summed E-state index contributed by atoms with van der Waals surface area (Å²) in [5, 5.41) is 3.11. The van der Waals surface area contributed by atoms with Crippen molar-refractivity contribution in [1.82, 2.24) is 14.9 Å². The van der Waals surface area contributed by atoms with Crippen LogP contribution in [0.5, 0.6) is 0 Å². The lowest BCUT2D eigenvalue weighted by molar-refractivity contribution is -0.146. The number of amides is 2. The van der Waals surface area contributed by atoms with Crippen LogP contribution in [-0.2, 0) is 16.1 Å². The van der Waals surface area contributed by atoms with Crippen molar-refractivity contribution in [2.75, 3.05) is 23.3 Å². The Morgan fingerprint density at radius 3 is 2.25 bits per heavy atom. The molecule has 1 saturated heterocycles. The van der Waals surface area contributed by atoms with Crippen molar-refractivity contribution in [2.45, 2.75) is 6.54 Å². The lowest BCUT2D eigenvalue weighted by atomic mass is 10.1. The van der Waals surface area contributed by atoms with E-state index in [1.54, 1.807) is 23.4 Å². The van der Waals surface area contributed by atoms with E-state index in [1.165, 1.54) is 4.90 Å². The highest BCUT2D eigenvalue weighted by Crippen LogP contribution is 2.19. The standard InChI is InChI=1S/C21H19N5O2/c27-19-20(28)26(18-5-2-1-3-6-18)14-13-25(19)15-16-7-9-17(10-8-16)24-21-22-11-4-12-23-21/h1-12H,13-15H2,(H,22,23,24). The zero-order chi connectivity index (χ0) is 19.3. The first-order valence-electron chi connectivity index (χ1n) is 8.99. The van der Waals surface area contributed by atoms with Crippen LogP contribution in [0.25, 0.3) is 0 Å². The molecule has 1 fully saturated rings. The topological polar surface area (TPSA) is 78.4 Å². The number of para-hydroxylation sites is 1. The van der Waals surface area contributed by atoms with Gasteiger partial charge in [-0.25, -0.2) is 9.97 Å². The molecule has 4 rings (SSSR count). The van der Waals surface area contributed by atoms with Gasteiger partial charge in [-0.3, -0.25) is 9.59 Å². The maximum atomic E-state index is 12.5. The number of hydrogen-bond acceptors (Lipinski definition) is 5. The molecule has 1 aliphatic heterocycles. The first kappa shape index (κ1) is 17.7. The Labute approximate surface area is 162 Å². The maximum absolute atomic E-state index is 12.5. The molecule has 7 heteroatoms. The van der Waals surface area contributed by atoms with Crippen LogP contribution in [-0.4, -0.2) is 39.8 Å². The Kier molecular flexibility index (Phi) is 4.97. The van der Waals surface area contributed by atoms with Gasteiger partial charge in [-0.2, -0.15) is 0 Å². The van der Waals surface area contributed by atoms with Crippen molar-refractivity contribution in [3.63, 3.8) is 0 Å². The van der Waals surface area contributed by atoms with Gasteiger partial charge in [-0.1, -0.05) is 30.3 Å². The zero-order valence-corrected chi connectivity index (χ0v) is 15.2. The van der Waals surface area contributed by atoms with E-state index in [0.717, 1.165) is 16.9 Å². The predicted molar refractivity (Wildman–Crippen MR) is 106 cm³/mol. The largest absolute Gasteiger partial charge is 0.328 e. The SMILES string of the molecule is O=C1C(=O)N(c2ccccc2)CCN1Cc1ccc(Nc2ncccn2)cc1. The molecule has 0 aliphatic carbocycles. The molecule has 0 saturated carbocycles. The zero-order valence-electron chi connectivity index (χ0n) is 15.2. The summed E-state index contributed by atoms with van der Waals surface area (Å²) in [7, 11) is 0. The summed E-state index contributed by atoms with van der Waals surface area (Å²) >= 11 is 0. The minimum atomic E-state index is -0.489. The summed E-state index contributed by atoms with van der Waals surface area (Å²) in [5.74, 6) is -0.444. The van der Waals surface area contributed by atoms with E-state index >= 15 is 0 Å². The summed E-state index contributed by atoms with van der Waals surface area (Å²) in [5.41, 5.74) is 2.55. The molecule has 0 radical (unpaired) electrons. The average molecular weight is 373 g/mol. The van der Waals surface area contributed by atoms with Gasteiger partial charge in [0.1, 0.15) is 0 Å². The summed E-state index contributed by atoms with van der Waals surface area (Å²) in [6, 6.07) is 18.7. The fraction of sp³-hybridized carbons (Fsp3) is 0.143. The number of piperazine rings is 1. The Bertz CT molecular complexity index is 961. The number of anilines is 3. The van der Waals surface area contributed by atoms with Gasteiger partial charge in [0.2, 0.25) is 5.95 Å². The summed E-state index contributed by atoms with van der Waals surface area (Å²) in [4.78, 5) is 36.4. The molecule has 28 heavy (non-hydrogen) atoms. The molecule has 2 aromatic carbocycles. The highest BCUT2D eigenvalue weighted by Gasteiger charge is 2.33. The van der Waals surface area contributed by atoms with Crippen molar-refractivity contribution in [1.29, 1.82) is 0 Å². The molecule has 2 heterocycles. The summed E-state index contributed by atoms with van der Waals surface area (Å²) in [6.07, 6.45) is 3.34. The number of aromatic nitrogens is 2. The minimum Gasteiger partial charge on any atom is -0.328 e. The van der Waals surface area contributed by atoms with Crippen LogP contribution in [0.4, 0.5) is 17.3 Å². The average Bonchev–Trinajstić information content (AvgIpc) is 2.74. The Balaban J connectivity index is 1.39. The molecule has 140 valence electrons. The molecule has 0 atom stereocenters. The third-order valence-electron chi connectivity index (χ3n) is 4.53. The van der Waals surface area contributed by atoms with Crippen molar-refractivity contribution in [3.05, 3.63) is 78.6 Å². The molecule has 0 bridgehead atoms. The van der Waals surface area contributed by atoms with Gasteiger partial charge in [-0.15, -0.1) is 0 Å².